The lowest BCUT2D eigenvalue weighted by atomic mass is 10.2. The van der Waals surface area contributed by atoms with Crippen LogP contribution in [0.4, 0.5) is 0 Å². The maximum Gasteiger partial charge on any atom is 0.252 e. The fourth-order valence-electron chi connectivity index (χ4n) is 1.92. The monoisotopic (exact) mass is 390 g/mol. The van der Waals surface area contributed by atoms with Gasteiger partial charge in [-0.1, -0.05) is 15.9 Å². The lowest BCUT2D eigenvalue weighted by Crippen LogP contribution is -2.41. The molecule has 1 heterocycles. The van der Waals surface area contributed by atoms with Crippen molar-refractivity contribution in [2.24, 2.45) is 0 Å². The maximum atomic E-state index is 12.0. The number of ether oxygens (including phenoxy) is 1. The minimum atomic E-state index is -0.0485. The number of halogens is 2. The summed E-state index contributed by atoms with van der Waals surface area (Å²) in [4.78, 5) is 14.3. The van der Waals surface area contributed by atoms with Crippen LogP contribution in [0.15, 0.2) is 27.1 Å². The summed E-state index contributed by atoms with van der Waals surface area (Å²) in [6, 6.07) is 5.54. The van der Waals surface area contributed by atoms with Crippen molar-refractivity contribution in [3.63, 3.8) is 0 Å². The van der Waals surface area contributed by atoms with E-state index in [9.17, 15) is 4.79 Å². The Balaban J connectivity index is 1.80. The lowest BCUT2D eigenvalue weighted by Gasteiger charge is -2.26. The second-order valence-corrected chi connectivity index (χ2v) is 6.10. The second-order valence-electron chi connectivity index (χ2n) is 4.33. The number of carbonyl (C=O) groups is 1. The summed E-state index contributed by atoms with van der Waals surface area (Å²) in [5, 5.41) is 2.94. The summed E-state index contributed by atoms with van der Waals surface area (Å²) in [5.74, 6) is -0.0485. The van der Waals surface area contributed by atoms with Crippen LogP contribution in [-0.4, -0.2) is 50.2 Å². The molecule has 0 atom stereocenters. The van der Waals surface area contributed by atoms with E-state index in [4.69, 9.17) is 4.74 Å². The van der Waals surface area contributed by atoms with Crippen LogP contribution in [-0.2, 0) is 4.74 Å². The van der Waals surface area contributed by atoms with Gasteiger partial charge in [0.1, 0.15) is 0 Å². The zero-order chi connectivity index (χ0) is 13.7. The number of carbonyl (C=O) groups excluding carboxylic acids is 1. The highest BCUT2D eigenvalue weighted by Gasteiger charge is 2.12. The Kier molecular flexibility index (Phi) is 5.81. The number of hydrogen-bond acceptors (Lipinski definition) is 3. The number of benzene rings is 1. The first-order chi connectivity index (χ1) is 9.16. The van der Waals surface area contributed by atoms with E-state index in [0.717, 1.165) is 41.8 Å². The van der Waals surface area contributed by atoms with Crippen molar-refractivity contribution in [2.45, 2.75) is 0 Å². The van der Waals surface area contributed by atoms with E-state index in [2.05, 4.69) is 42.1 Å². The summed E-state index contributed by atoms with van der Waals surface area (Å²) < 4.78 is 7.03. The molecule has 0 saturated carbocycles. The third-order valence-electron chi connectivity index (χ3n) is 2.99. The molecule has 1 saturated heterocycles. The van der Waals surface area contributed by atoms with Crippen LogP contribution in [0.2, 0.25) is 0 Å². The summed E-state index contributed by atoms with van der Waals surface area (Å²) >= 11 is 6.77. The molecule has 4 nitrogen and oxygen atoms in total. The van der Waals surface area contributed by atoms with Crippen LogP contribution in [0.25, 0.3) is 0 Å². The van der Waals surface area contributed by atoms with Crippen molar-refractivity contribution in [3.05, 3.63) is 32.7 Å². The van der Waals surface area contributed by atoms with E-state index in [0.29, 0.717) is 12.1 Å². The number of nitrogens with one attached hydrogen (secondary N) is 1. The van der Waals surface area contributed by atoms with Gasteiger partial charge in [0.25, 0.3) is 5.91 Å². The van der Waals surface area contributed by atoms with Crippen molar-refractivity contribution in [1.29, 1.82) is 0 Å². The molecule has 6 heteroatoms. The first-order valence-electron chi connectivity index (χ1n) is 6.20. The van der Waals surface area contributed by atoms with Gasteiger partial charge in [-0.05, 0) is 34.1 Å². The van der Waals surface area contributed by atoms with E-state index in [-0.39, 0.29) is 5.91 Å². The number of hydrogen-bond donors (Lipinski definition) is 1. The van der Waals surface area contributed by atoms with E-state index in [1.165, 1.54) is 0 Å². The Morgan fingerprint density at radius 2 is 2.05 bits per heavy atom. The van der Waals surface area contributed by atoms with E-state index >= 15 is 0 Å². The third kappa shape index (κ3) is 4.56. The predicted octanol–water partition coefficient (Wildman–Crippen LogP) is 2.27. The van der Waals surface area contributed by atoms with Crippen molar-refractivity contribution < 1.29 is 9.53 Å². The average Bonchev–Trinajstić information content (AvgIpc) is 2.39. The predicted molar refractivity (Wildman–Crippen MR) is 81.4 cm³/mol. The number of amides is 1. The highest BCUT2D eigenvalue weighted by molar-refractivity contribution is 9.11. The molecule has 0 radical (unpaired) electrons. The number of rotatable bonds is 4. The molecule has 0 bridgehead atoms. The molecule has 1 amide bonds. The van der Waals surface area contributed by atoms with Gasteiger partial charge in [-0.3, -0.25) is 9.69 Å². The molecule has 0 aromatic heterocycles. The second kappa shape index (κ2) is 7.38. The SMILES string of the molecule is O=C(NCCN1CCOCC1)c1ccc(Br)cc1Br. The van der Waals surface area contributed by atoms with Crippen LogP contribution in [0, 0.1) is 0 Å². The Morgan fingerprint density at radius 3 is 2.74 bits per heavy atom. The normalized spacial score (nSPS) is 16.3. The van der Waals surface area contributed by atoms with Crippen LogP contribution in [0.1, 0.15) is 10.4 Å². The molecular weight excluding hydrogens is 376 g/mol. The highest BCUT2D eigenvalue weighted by Crippen LogP contribution is 2.21. The molecule has 19 heavy (non-hydrogen) atoms. The molecular formula is C13H16Br2N2O2. The van der Waals surface area contributed by atoms with Gasteiger partial charge in [0.2, 0.25) is 0 Å². The minimum Gasteiger partial charge on any atom is -0.379 e. The summed E-state index contributed by atoms with van der Waals surface area (Å²) in [6.07, 6.45) is 0. The van der Waals surface area contributed by atoms with Gasteiger partial charge in [-0.2, -0.15) is 0 Å². The van der Waals surface area contributed by atoms with Gasteiger partial charge in [0.15, 0.2) is 0 Å². The quantitative estimate of drug-likeness (QED) is 0.855. The molecule has 0 spiro atoms. The molecule has 0 aliphatic carbocycles. The van der Waals surface area contributed by atoms with Crippen molar-refractivity contribution in [1.82, 2.24) is 10.2 Å². The third-order valence-corrected chi connectivity index (χ3v) is 4.14. The minimum absolute atomic E-state index is 0.0485. The molecule has 1 N–H and O–H groups in total. The van der Waals surface area contributed by atoms with Crippen molar-refractivity contribution in [3.8, 4) is 0 Å². The topological polar surface area (TPSA) is 41.6 Å². The number of nitrogens with zero attached hydrogens (tertiary/aromatic N) is 1. The van der Waals surface area contributed by atoms with Crippen molar-refractivity contribution >= 4 is 37.8 Å². The Labute approximate surface area is 129 Å². The Bertz CT molecular complexity index is 448. The fourth-order valence-corrected chi connectivity index (χ4v) is 3.15. The van der Waals surface area contributed by atoms with Gasteiger partial charge in [-0.15, -0.1) is 0 Å². The molecule has 2 rings (SSSR count). The molecule has 104 valence electrons. The van der Waals surface area contributed by atoms with Gasteiger partial charge in [0.05, 0.1) is 18.8 Å². The lowest BCUT2D eigenvalue weighted by molar-refractivity contribution is 0.0383. The Hall–Kier alpha value is -0.430. The number of morpholine rings is 1. The summed E-state index contributed by atoms with van der Waals surface area (Å²) in [5.41, 5.74) is 0.658. The molecule has 1 aromatic carbocycles. The van der Waals surface area contributed by atoms with Gasteiger partial charge >= 0.3 is 0 Å². The van der Waals surface area contributed by atoms with Gasteiger partial charge in [-0.25, -0.2) is 0 Å². The van der Waals surface area contributed by atoms with Crippen LogP contribution in [0.3, 0.4) is 0 Å². The zero-order valence-electron chi connectivity index (χ0n) is 10.5. The summed E-state index contributed by atoms with van der Waals surface area (Å²) in [7, 11) is 0. The van der Waals surface area contributed by atoms with Gasteiger partial charge < -0.3 is 10.1 Å². The average molecular weight is 392 g/mol. The molecule has 1 fully saturated rings. The molecule has 1 aliphatic heterocycles. The van der Waals surface area contributed by atoms with E-state index in [1.807, 2.05) is 12.1 Å². The smallest absolute Gasteiger partial charge is 0.252 e. The van der Waals surface area contributed by atoms with Gasteiger partial charge in [0, 0.05) is 35.1 Å². The first-order valence-corrected chi connectivity index (χ1v) is 7.79. The van der Waals surface area contributed by atoms with Crippen LogP contribution in [0.5, 0.6) is 0 Å². The van der Waals surface area contributed by atoms with E-state index in [1.54, 1.807) is 6.07 Å². The first kappa shape index (κ1) is 15.0. The van der Waals surface area contributed by atoms with Crippen LogP contribution >= 0.6 is 31.9 Å². The van der Waals surface area contributed by atoms with E-state index < -0.39 is 0 Å². The fraction of sp³-hybridized carbons (Fsp3) is 0.462. The summed E-state index contributed by atoms with van der Waals surface area (Å²) in [6.45, 7) is 4.97. The molecule has 1 aliphatic rings. The standard InChI is InChI=1S/C13H16Br2N2O2/c14-10-1-2-11(12(15)9-10)13(18)16-3-4-17-5-7-19-8-6-17/h1-2,9H,3-8H2,(H,16,18). The highest BCUT2D eigenvalue weighted by atomic mass is 79.9. The zero-order valence-corrected chi connectivity index (χ0v) is 13.7. The van der Waals surface area contributed by atoms with Crippen molar-refractivity contribution in [2.75, 3.05) is 39.4 Å². The van der Waals surface area contributed by atoms with Crippen LogP contribution < -0.4 is 5.32 Å². The maximum absolute atomic E-state index is 12.0. The largest absolute Gasteiger partial charge is 0.379 e. The molecule has 0 unspecified atom stereocenters. The Morgan fingerprint density at radius 1 is 1.32 bits per heavy atom. The molecule has 1 aromatic rings.